The highest BCUT2D eigenvalue weighted by Crippen LogP contribution is 2.38. The smallest absolute Gasteiger partial charge is 0.164 e. The Morgan fingerprint density at radius 1 is 0.566 bits per heavy atom. The Hall–Kier alpha value is -4.89. The summed E-state index contributed by atoms with van der Waals surface area (Å²) in [5.41, 5.74) is 8.44. The third kappa shape index (κ3) is 6.76. The summed E-state index contributed by atoms with van der Waals surface area (Å²) in [4.78, 5) is 35.6. The van der Waals surface area contributed by atoms with Crippen molar-refractivity contribution in [1.82, 2.24) is 39.9 Å². The number of alkyl halides is 3. The Bertz CT molecular complexity index is 2590. The molecule has 2 unspecified atom stereocenters. The van der Waals surface area contributed by atoms with Crippen LogP contribution in [-0.4, -0.2) is 54.5 Å². The Labute approximate surface area is 323 Å². The lowest BCUT2D eigenvalue weighted by molar-refractivity contribution is 0.633. The number of fused-ring (bicyclic) bond motifs is 16. The quantitative estimate of drug-likeness (QED) is 0.257. The van der Waals surface area contributed by atoms with Crippen LogP contribution in [0, 0.1) is 5.41 Å². The first-order valence-corrected chi connectivity index (χ1v) is 18.5. The number of rotatable bonds is 3. The van der Waals surface area contributed by atoms with E-state index in [4.69, 9.17) is 64.7 Å². The molecule has 0 fully saturated rings. The van der Waals surface area contributed by atoms with Crippen LogP contribution in [0.3, 0.4) is 0 Å². The van der Waals surface area contributed by atoms with E-state index < -0.39 is 14.6 Å². The summed E-state index contributed by atoms with van der Waals surface area (Å²) in [7, 11) is 0. The van der Waals surface area contributed by atoms with Crippen molar-refractivity contribution in [3.8, 4) is 0 Å². The van der Waals surface area contributed by atoms with Crippen molar-refractivity contribution in [3.63, 3.8) is 0 Å². The molecule has 5 aliphatic rings. The maximum absolute atomic E-state index is 6.84. The minimum Gasteiger partial charge on any atom is -0.324 e. The Balaban J connectivity index is 1.55. The molecule has 2 atom stereocenters. The lowest BCUT2D eigenvalue weighted by Gasteiger charge is -2.12. The molecule has 0 aromatic carbocycles. The molecule has 0 saturated heterocycles. The second-order valence-corrected chi connectivity index (χ2v) is 17.7. The van der Waals surface area contributed by atoms with E-state index in [1.54, 1.807) is 6.08 Å². The minimum absolute atomic E-state index is 0.198. The number of H-pyrrole nitrogens is 2. The highest BCUT2D eigenvalue weighted by Gasteiger charge is 2.28. The van der Waals surface area contributed by atoms with E-state index in [0.717, 1.165) is 39.0 Å². The van der Waals surface area contributed by atoms with Crippen molar-refractivity contribution in [2.75, 3.05) is 0 Å². The average Bonchev–Trinajstić information content (AvgIpc) is 3.67. The number of hydrogen-bond acceptors (Lipinski definition) is 6. The Kier molecular flexibility index (Phi) is 8.18. The number of aromatic nitrogens is 8. The molecule has 2 N–H and O–H groups in total. The molecule has 11 heteroatoms. The zero-order valence-electron chi connectivity index (χ0n) is 30.2. The molecular formula is C42H37Cl3N8. The predicted molar refractivity (Wildman–Crippen MR) is 222 cm³/mol. The van der Waals surface area contributed by atoms with Gasteiger partial charge in [-0.25, -0.2) is 29.9 Å². The van der Waals surface area contributed by atoms with Crippen LogP contribution in [0.1, 0.15) is 87.1 Å². The zero-order valence-corrected chi connectivity index (χ0v) is 32.5. The number of aromatic amines is 2. The van der Waals surface area contributed by atoms with E-state index in [1.165, 1.54) is 0 Å². The molecular weight excluding hydrogens is 723 g/mol. The van der Waals surface area contributed by atoms with Gasteiger partial charge in [0, 0.05) is 50.0 Å². The third-order valence-corrected chi connectivity index (χ3v) is 10.1. The van der Waals surface area contributed by atoms with E-state index in [-0.39, 0.29) is 5.41 Å². The summed E-state index contributed by atoms with van der Waals surface area (Å²) in [6.45, 7) is 16.2. The zero-order chi connectivity index (χ0) is 37.5. The molecule has 266 valence electrons. The van der Waals surface area contributed by atoms with E-state index in [2.05, 4.69) is 54.7 Å². The number of halogens is 3. The molecule has 8 nitrogen and oxygen atoms in total. The van der Waals surface area contributed by atoms with Gasteiger partial charge in [-0.05, 0) is 27.7 Å². The van der Waals surface area contributed by atoms with E-state index in [9.17, 15) is 0 Å². The summed E-state index contributed by atoms with van der Waals surface area (Å²) >= 11 is 20.3. The molecule has 8 bridgehead atoms. The largest absolute Gasteiger partial charge is 0.324 e. The molecule has 2 aliphatic heterocycles. The van der Waals surface area contributed by atoms with Gasteiger partial charge in [0.2, 0.25) is 0 Å². The molecule has 0 spiro atoms. The highest BCUT2D eigenvalue weighted by molar-refractivity contribution is 6.27. The van der Waals surface area contributed by atoms with Crippen molar-refractivity contribution in [2.45, 2.75) is 56.2 Å². The average molecular weight is 760 g/mol. The van der Waals surface area contributed by atoms with Crippen LogP contribution in [0.5, 0.6) is 0 Å². The highest BCUT2D eigenvalue weighted by atomic mass is 35.5. The van der Waals surface area contributed by atoms with Crippen LogP contribution in [-0.2, 0) is 0 Å². The van der Waals surface area contributed by atoms with E-state index >= 15 is 0 Å². The number of hydrogen-bond donors (Lipinski definition) is 2. The summed E-state index contributed by atoms with van der Waals surface area (Å²) in [5, 5.41) is 0. The van der Waals surface area contributed by atoms with Gasteiger partial charge in [0.15, 0.2) is 23.3 Å². The summed E-state index contributed by atoms with van der Waals surface area (Å²) in [6.07, 6.45) is 29.6. The molecule has 3 aliphatic carbocycles. The Morgan fingerprint density at radius 3 is 1.38 bits per heavy atom. The maximum atomic E-state index is 6.84. The van der Waals surface area contributed by atoms with Crippen LogP contribution in [0.15, 0.2) is 73.4 Å². The van der Waals surface area contributed by atoms with Crippen LogP contribution >= 0.6 is 34.8 Å². The SMILES string of the molecule is C=CC1=C(/C=C\C(C)(C)Cl)c2nc1nc1[nH]c(nc3nc(nc4[nH]c(n2)c2c4C=CC(C)(Cl)C=C2)C2=C3C=CC(C)(Cl)C=C2)c2c1C=CC(C)(C)C=C2. The van der Waals surface area contributed by atoms with Gasteiger partial charge in [0.1, 0.15) is 22.6 Å². The molecule has 5 heterocycles. The van der Waals surface area contributed by atoms with Crippen LogP contribution < -0.4 is 0 Å². The molecule has 3 aromatic rings. The first-order valence-electron chi connectivity index (χ1n) is 17.3. The first-order chi connectivity index (χ1) is 25.0. The lowest BCUT2D eigenvalue weighted by Crippen LogP contribution is -2.06. The topological polar surface area (TPSA) is 109 Å². The third-order valence-electron chi connectivity index (χ3n) is 9.43. The van der Waals surface area contributed by atoms with Gasteiger partial charge in [-0.2, -0.15) is 0 Å². The fourth-order valence-electron chi connectivity index (χ4n) is 6.44. The van der Waals surface area contributed by atoms with E-state index in [1.807, 2.05) is 88.5 Å². The van der Waals surface area contributed by atoms with Gasteiger partial charge in [-0.15, -0.1) is 34.8 Å². The molecule has 3 aromatic heterocycles. The molecule has 0 saturated carbocycles. The van der Waals surface area contributed by atoms with Crippen molar-refractivity contribution < 1.29 is 0 Å². The van der Waals surface area contributed by atoms with Gasteiger partial charge in [-0.1, -0.05) is 112 Å². The van der Waals surface area contributed by atoms with Crippen molar-refractivity contribution in [3.05, 3.63) is 119 Å². The van der Waals surface area contributed by atoms with E-state index in [0.29, 0.717) is 51.5 Å². The van der Waals surface area contributed by atoms with Gasteiger partial charge < -0.3 is 9.97 Å². The van der Waals surface area contributed by atoms with Crippen molar-refractivity contribution in [2.24, 2.45) is 5.41 Å². The molecule has 0 amide bonds. The van der Waals surface area contributed by atoms with Crippen molar-refractivity contribution >= 4 is 104 Å². The number of nitrogens with zero attached hydrogens (tertiary/aromatic N) is 6. The second kappa shape index (κ2) is 12.3. The van der Waals surface area contributed by atoms with Gasteiger partial charge >= 0.3 is 0 Å². The van der Waals surface area contributed by atoms with Crippen LogP contribution in [0.2, 0.25) is 0 Å². The maximum Gasteiger partial charge on any atom is 0.164 e. The van der Waals surface area contributed by atoms with Gasteiger partial charge in [0.25, 0.3) is 0 Å². The van der Waals surface area contributed by atoms with Crippen molar-refractivity contribution in [1.29, 1.82) is 0 Å². The second-order valence-electron chi connectivity index (χ2n) is 15.1. The Morgan fingerprint density at radius 2 is 0.943 bits per heavy atom. The predicted octanol–water partition coefficient (Wildman–Crippen LogP) is 10.7. The summed E-state index contributed by atoms with van der Waals surface area (Å²) in [6, 6.07) is 0. The van der Waals surface area contributed by atoms with Gasteiger partial charge in [0.05, 0.1) is 14.6 Å². The first kappa shape index (κ1) is 35.2. The molecule has 53 heavy (non-hydrogen) atoms. The normalized spacial score (nSPS) is 22.9. The monoisotopic (exact) mass is 758 g/mol. The minimum atomic E-state index is -0.720. The molecule has 0 radical (unpaired) electrons. The number of allylic oxidation sites excluding steroid dienone is 15. The fraction of sp³-hybridized carbons (Fsp3) is 0.238. The van der Waals surface area contributed by atoms with Crippen LogP contribution in [0.25, 0.3) is 69.2 Å². The fourth-order valence-corrected chi connectivity index (χ4v) is 6.76. The lowest BCUT2D eigenvalue weighted by atomic mass is 9.93. The number of nitrogens with one attached hydrogen (secondary N) is 2. The molecule has 8 rings (SSSR count). The summed E-state index contributed by atoms with van der Waals surface area (Å²) < 4.78 is 0. The van der Waals surface area contributed by atoms with Gasteiger partial charge in [-0.3, -0.25) is 0 Å². The standard InChI is InChI=1S/C42H37Cl3N8/c1-8-23-24(11-18-40(4,5)43)32-46-31(23)47-33-25-9-16-39(2,3)17-10-26(25)34(49-33)50-36-29-14-21-42(7,45)22-15-30(29)38(52-36)53-37-28-13-20-41(6,44)19-12-27(28)35(48-32)51-37/h8-22H,1H2,2-7H3,(H2,46,47,48,49,50,51,52,53)/b18-11-. The summed E-state index contributed by atoms with van der Waals surface area (Å²) in [5.74, 6) is 1.84. The van der Waals surface area contributed by atoms with Crippen LogP contribution in [0.4, 0.5) is 0 Å².